The van der Waals surface area contributed by atoms with Gasteiger partial charge in [0.25, 0.3) is 0 Å². The number of aryl methyl sites for hydroxylation is 1. The summed E-state index contributed by atoms with van der Waals surface area (Å²) in [5.74, 6) is 2.04. The molecule has 180 valence electrons. The summed E-state index contributed by atoms with van der Waals surface area (Å²) in [6, 6.07) is 14.4. The average Bonchev–Trinajstić information content (AvgIpc) is 2.76. The van der Waals surface area contributed by atoms with E-state index in [9.17, 15) is 4.79 Å². The summed E-state index contributed by atoms with van der Waals surface area (Å²) in [5, 5.41) is 5.86. The second-order valence-corrected chi connectivity index (χ2v) is 8.43. The Balaban J connectivity index is 1.66. The van der Waals surface area contributed by atoms with Crippen LogP contribution < -0.4 is 20.1 Å². The third-order valence-electron chi connectivity index (χ3n) is 4.29. The van der Waals surface area contributed by atoms with Crippen molar-refractivity contribution in [3.8, 4) is 17.4 Å². The van der Waals surface area contributed by atoms with Gasteiger partial charge in [0.1, 0.15) is 23.7 Å². The van der Waals surface area contributed by atoms with E-state index in [0.717, 1.165) is 17.0 Å². The lowest BCUT2D eigenvalue weighted by Crippen LogP contribution is -2.27. The van der Waals surface area contributed by atoms with Gasteiger partial charge in [-0.05, 0) is 64.1 Å². The fraction of sp³-hybridized carbons (Fsp3) is 0.320. The van der Waals surface area contributed by atoms with Crippen molar-refractivity contribution in [2.24, 2.45) is 0 Å². The quantitative estimate of drug-likeness (QED) is 0.388. The molecule has 3 rings (SSSR count). The molecule has 3 aromatic rings. The number of aromatic nitrogens is 2. The van der Waals surface area contributed by atoms with Gasteiger partial charge in [-0.25, -0.2) is 9.78 Å². The van der Waals surface area contributed by atoms with E-state index in [4.69, 9.17) is 18.9 Å². The molecule has 2 aromatic carbocycles. The molecule has 1 amide bonds. The van der Waals surface area contributed by atoms with Gasteiger partial charge < -0.3 is 24.3 Å². The standard InChI is InChI=1S/C25H30N4O5/c1-17-16-26-23(27-18-9-11-20(12-10-18)32-14-13-31-5)29-22(17)33-21-8-6-7-19(15-21)28-24(30)34-25(2,3)4/h6-12,15-16H,13-14H2,1-5H3,(H,28,30)(H,26,27,29). The van der Waals surface area contributed by atoms with Gasteiger partial charge >= 0.3 is 6.09 Å². The molecule has 0 spiro atoms. The molecular weight excluding hydrogens is 436 g/mol. The van der Waals surface area contributed by atoms with Gasteiger partial charge in [-0.3, -0.25) is 5.32 Å². The lowest BCUT2D eigenvalue weighted by molar-refractivity contribution is 0.0636. The van der Waals surface area contributed by atoms with Crippen molar-refractivity contribution in [2.75, 3.05) is 31.0 Å². The minimum absolute atomic E-state index is 0.386. The average molecular weight is 467 g/mol. The first kappa shape index (κ1) is 24.8. The lowest BCUT2D eigenvalue weighted by Gasteiger charge is -2.19. The number of carbonyl (C=O) groups excluding carboxylic acids is 1. The summed E-state index contributed by atoms with van der Waals surface area (Å²) < 4.78 is 21.8. The van der Waals surface area contributed by atoms with Gasteiger partial charge in [0.15, 0.2) is 0 Å². The number of nitrogens with zero attached hydrogens (tertiary/aromatic N) is 2. The van der Waals surface area contributed by atoms with Gasteiger partial charge in [0, 0.05) is 36.3 Å². The molecule has 0 aliphatic rings. The summed E-state index contributed by atoms with van der Waals surface area (Å²) in [4.78, 5) is 20.8. The molecule has 9 heteroatoms. The number of carbonyl (C=O) groups is 1. The first-order valence-electron chi connectivity index (χ1n) is 10.8. The minimum atomic E-state index is -0.586. The van der Waals surface area contributed by atoms with E-state index in [0.29, 0.717) is 36.5 Å². The van der Waals surface area contributed by atoms with Gasteiger partial charge in [-0.15, -0.1) is 0 Å². The minimum Gasteiger partial charge on any atom is -0.491 e. The van der Waals surface area contributed by atoms with Crippen molar-refractivity contribution >= 4 is 23.4 Å². The van der Waals surface area contributed by atoms with Crippen LogP contribution in [0.5, 0.6) is 17.4 Å². The number of methoxy groups -OCH3 is 1. The number of hydrogen-bond acceptors (Lipinski definition) is 8. The molecular formula is C25H30N4O5. The molecule has 0 saturated carbocycles. The van der Waals surface area contributed by atoms with E-state index in [1.165, 1.54) is 0 Å². The molecule has 0 fully saturated rings. The first-order chi connectivity index (χ1) is 16.2. The molecule has 1 heterocycles. The molecule has 0 unspecified atom stereocenters. The summed E-state index contributed by atoms with van der Waals surface area (Å²) >= 11 is 0. The second-order valence-electron chi connectivity index (χ2n) is 8.43. The van der Waals surface area contributed by atoms with Crippen LogP contribution in [0.25, 0.3) is 0 Å². The van der Waals surface area contributed by atoms with Crippen LogP contribution in [0.4, 0.5) is 22.1 Å². The Hall–Kier alpha value is -3.85. The lowest BCUT2D eigenvalue weighted by atomic mass is 10.2. The molecule has 34 heavy (non-hydrogen) atoms. The van der Waals surface area contributed by atoms with Crippen LogP contribution in [0, 0.1) is 6.92 Å². The molecule has 0 atom stereocenters. The third-order valence-corrected chi connectivity index (χ3v) is 4.29. The predicted molar refractivity (Wildman–Crippen MR) is 130 cm³/mol. The fourth-order valence-electron chi connectivity index (χ4n) is 2.77. The molecule has 0 bridgehead atoms. The van der Waals surface area contributed by atoms with Gasteiger partial charge in [0.05, 0.1) is 6.61 Å². The maximum Gasteiger partial charge on any atom is 0.412 e. The highest BCUT2D eigenvalue weighted by atomic mass is 16.6. The van der Waals surface area contributed by atoms with Crippen molar-refractivity contribution in [2.45, 2.75) is 33.3 Å². The zero-order valence-corrected chi connectivity index (χ0v) is 20.0. The van der Waals surface area contributed by atoms with E-state index in [2.05, 4.69) is 20.6 Å². The first-order valence-corrected chi connectivity index (χ1v) is 10.8. The normalized spacial score (nSPS) is 11.0. The van der Waals surface area contributed by atoms with Gasteiger partial charge in [-0.2, -0.15) is 4.98 Å². The number of ether oxygens (including phenoxy) is 4. The van der Waals surface area contributed by atoms with Crippen molar-refractivity contribution in [3.05, 3.63) is 60.3 Å². The SMILES string of the molecule is COCCOc1ccc(Nc2ncc(C)c(Oc3cccc(NC(=O)OC(C)(C)C)c3)n2)cc1. The maximum absolute atomic E-state index is 12.0. The Bertz CT molecular complexity index is 1100. The van der Waals surface area contributed by atoms with Crippen LogP contribution in [0.2, 0.25) is 0 Å². The van der Waals surface area contributed by atoms with Crippen LogP contribution in [0.3, 0.4) is 0 Å². The predicted octanol–water partition coefficient (Wildman–Crippen LogP) is 5.69. The Labute approximate surface area is 199 Å². The van der Waals surface area contributed by atoms with E-state index in [1.54, 1.807) is 58.3 Å². The maximum atomic E-state index is 12.0. The highest BCUT2D eigenvalue weighted by Crippen LogP contribution is 2.27. The molecule has 0 aliphatic carbocycles. The Morgan fingerprint density at radius 2 is 1.76 bits per heavy atom. The summed E-state index contributed by atoms with van der Waals surface area (Å²) in [7, 11) is 1.63. The van der Waals surface area contributed by atoms with Crippen molar-refractivity contribution in [3.63, 3.8) is 0 Å². The van der Waals surface area contributed by atoms with Gasteiger partial charge in [0.2, 0.25) is 11.8 Å². The van der Waals surface area contributed by atoms with Gasteiger partial charge in [-0.1, -0.05) is 6.07 Å². The van der Waals surface area contributed by atoms with Crippen LogP contribution in [-0.4, -0.2) is 42.0 Å². The van der Waals surface area contributed by atoms with E-state index >= 15 is 0 Å². The summed E-state index contributed by atoms with van der Waals surface area (Å²) in [5.41, 5.74) is 1.52. The van der Waals surface area contributed by atoms with Crippen LogP contribution in [0.1, 0.15) is 26.3 Å². The number of nitrogens with one attached hydrogen (secondary N) is 2. The zero-order valence-electron chi connectivity index (χ0n) is 20.0. The highest BCUT2D eigenvalue weighted by molar-refractivity contribution is 5.85. The third kappa shape index (κ3) is 7.93. The summed E-state index contributed by atoms with van der Waals surface area (Å²) in [6.07, 6.45) is 1.14. The molecule has 0 radical (unpaired) electrons. The number of anilines is 3. The Morgan fingerprint density at radius 3 is 2.47 bits per heavy atom. The number of amides is 1. The van der Waals surface area contributed by atoms with Crippen molar-refractivity contribution in [1.29, 1.82) is 0 Å². The zero-order chi connectivity index (χ0) is 24.6. The summed E-state index contributed by atoms with van der Waals surface area (Å²) in [6.45, 7) is 8.29. The van der Waals surface area contributed by atoms with E-state index in [-0.39, 0.29) is 0 Å². The topological polar surface area (TPSA) is 104 Å². The largest absolute Gasteiger partial charge is 0.491 e. The fourth-order valence-corrected chi connectivity index (χ4v) is 2.77. The highest BCUT2D eigenvalue weighted by Gasteiger charge is 2.16. The van der Waals surface area contributed by atoms with Crippen molar-refractivity contribution in [1.82, 2.24) is 9.97 Å². The number of benzene rings is 2. The Kier molecular flexibility index (Phi) is 8.26. The van der Waals surface area contributed by atoms with Crippen LogP contribution in [0.15, 0.2) is 54.7 Å². The second kappa shape index (κ2) is 11.3. The smallest absolute Gasteiger partial charge is 0.412 e. The number of hydrogen-bond donors (Lipinski definition) is 2. The molecule has 0 saturated heterocycles. The molecule has 2 N–H and O–H groups in total. The van der Waals surface area contributed by atoms with Crippen LogP contribution >= 0.6 is 0 Å². The monoisotopic (exact) mass is 466 g/mol. The van der Waals surface area contributed by atoms with Crippen LogP contribution in [-0.2, 0) is 9.47 Å². The Morgan fingerprint density at radius 1 is 1.00 bits per heavy atom. The molecule has 1 aromatic heterocycles. The number of rotatable bonds is 9. The molecule has 9 nitrogen and oxygen atoms in total. The van der Waals surface area contributed by atoms with E-state index in [1.807, 2.05) is 31.2 Å². The van der Waals surface area contributed by atoms with E-state index < -0.39 is 11.7 Å². The molecule has 0 aliphatic heterocycles. The van der Waals surface area contributed by atoms with Crippen molar-refractivity contribution < 1.29 is 23.7 Å².